The van der Waals surface area contributed by atoms with Crippen LogP contribution in [0, 0.1) is 0 Å². The highest BCUT2D eigenvalue weighted by atomic mass is 16.5. The Kier molecular flexibility index (Phi) is 6.88. The van der Waals surface area contributed by atoms with Crippen LogP contribution in [-0.2, 0) is 19.5 Å². The van der Waals surface area contributed by atoms with Gasteiger partial charge in [-0.1, -0.05) is 30.3 Å². The Morgan fingerprint density at radius 1 is 0.909 bits per heavy atom. The Bertz CT molecular complexity index is 951. The number of ether oxygens (including phenoxy) is 1. The third-order valence-corrected chi connectivity index (χ3v) is 7.41. The molecule has 3 aliphatic heterocycles. The largest absolute Gasteiger partial charge is 0.489 e. The number of aliphatic hydroxyl groups excluding tert-OH is 1. The molecule has 1 fully saturated rings. The molecule has 0 amide bonds. The van der Waals surface area contributed by atoms with E-state index in [0.717, 1.165) is 70.9 Å². The van der Waals surface area contributed by atoms with Gasteiger partial charge in [-0.2, -0.15) is 0 Å². The lowest BCUT2D eigenvalue weighted by molar-refractivity contribution is 0.0682. The van der Waals surface area contributed by atoms with Gasteiger partial charge in [0.1, 0.15) is 11.9 Å². The molecule has 33 heavy (non-hydrogen) atoms. The first-order valence-corrected chi connectivity index (χ1v) is 12.4. The van der Waals surface area contributed by atoms with Crippen LogP contribution in [0.1, 0.15) is 23.1 Å². The molecule has 1 N–H and O–H groups in total. The number of likely N-dealkylation sites (tertiary alicyclic amines) is 1. The van der Waals surface area contributed by atoms with Gasteiger partial charge in [-0.05, 0) is 42.6 Å². The van der Waals surface area contributed by atoms with Crippen molar-refractivity contribution >= 4 is 5.69 Å². The molecule has 0 aromatic heterocycles. The monoisotopic (exact) mass is 450 g/mol. The molecular weight excluding hydrogens is 412 g/mol. The normalized spacial score (nSPS) is 23.1. The van der Waals surface area contributed by atoms with Gasteiger partial charge in [-0.3, -0.25) is 9.80 Å². The van der Waals surface area contributed by atoms with Gasteiger partial charge in [0.25, 0.3) is 0 Å². The zero-order valence-corrected chi connectivity index (χ0v) is 20.1. The van der Waals surface area contributed by atoms with Gasteiger partial charge in [0.05, 0.1) is 6.10 Å². The van der Waals surface area contributed by atoms with Crippen LogP contribution in [0.3, 0.4) is 0 Å². The average Bonchev–Trinajstić information content (AvgIpc) is 3.15. The molecule has 6 nitrogen and oxygen atoms in total. The number of hydrogen-bond donors (Lipinski definition) is 1. The van der Waals surface area contributed by atoms with E-state index in [-0.39, 0.29) is 12.2 Å². The Labute approximate surface area is 198 Å². The number of aliphatic hydroxyl groups is 1. The van der Waals surface area contributed by atoms with Crippen molar-refractivity contribution in [3.8, 4) is 5.75 Å². The van der Waals surface area contributed by atoms with Crippen LogP contribution in [-0.4, -0.2) is 91.9 Å². The standard InChI is InChI=1S/C27H38N4O2/c1-28-11-10-26(20-28)33-25-8-7-23-17-31(14-13-29(2)27(23)15-25)19-24(32)18-30-12-9-21-5-3-4-6-22(21)16-30/h3-8,15,24,26,32H,9-14,16-20H2,1-2H3/t24-,26?/m1/s1. The Balaban J connectivity index is 1.18. The van der Waals surface area contributed by atoms with Gasteiger partial charge in [-0.15, -0.1) is 0 Å². The number of benzene rings is 2. The number of fused-ring (bicyclic) bond motifs is 2. The first-order valence-electron chi connectivity index (χ1n) is 12.4. The van der Waals surface area contributed by atoms with Crippen molar-refractivity contribution in [1.82, 2.24) is 14.7 Å². The predicted molar refractivity (Wildman–Crippen MR) is 133 cm³/mol. The minimum atomic E-state index is -0.343. The smallest absolute Gasteiger partial charge is 0.121 e. The van der Waals surface area contributed by atoms with Crippen LogP contribution in [0.25, 0.3) is 0 Å². The molecule has 3 heterocycles. The lowest BCUT2D eigenvalue weighted by Gasteiger charge is -2.32. The van der Waals surface area contributed by atoms with E-state index in [1.54, 1.807) is 0 Å². The zero-order chi connectivity index (χ0) is 22.8. The van der Waals surface area contributed by atoms with Gasteiger partial charge in [-0.25, -0.2) is 0 Å². The van der Waals surface area contributed by atoms with Crippen LogP contribution in [0.15, 0.2) is 42.5 Å². The molecule has 0 radical (unpaired) electrons. The molecule has 1 unspecified atom stereocenters. The highest BCUT2D eigenvalue weighted by molar-refractivity contribution is 5.57. The summed E-state index contributed by atoms with van der Waals surface area (Å²) in [6.45, 7) is 8.29. The molecule has 2 atom stereocenters. The number of rotatable bonds is 6. The van der Waals surface area contributed by atoms with Crippen LogP contribution in [0.5, 0.6) is 5.75 Å². The molecule has 5 rings (SSSR count). The fourth-order valence-electron chi connectivity index (χ4n) is 5.54. The topological polar surface area (TPSA) is 42.4 Å². The van der Waals surface area contributed by atoms with E-state index in [1.165, 1.54) is 22.4 Å². The fraction of sp³-hybridized carbons (Fsp3) is 0.556. The molecule has 3 aliphatic rings. The zero-order valence-electron chi connectivity index (χ0n) is 20.1. The summed E-state index contributed by atoms with van der Waals surface area (Å²) in [5.74, 6) is 0.972. The van der Waals surface area contributed by atoms with Gasteiger partial charge >= 0.3 is 0 Å². The molecule has 2 aromatic carbocycles. The Morgan fingerprint density at radius 3 is 2.45 bits per heavy atom. The SMILES string of the molecule is CN1CCC(Oc2ccc3c(c2)N(C)CCN(C[C@H](O)CN2CCc4ccccc4C2)C3)C1. The lowest BCUT2D eigenvalue weighted by Crippen LogP contribution is -2.42. The maximum Gasteiger partial charge on any atom is 0.121 e. The summed E-state index contributed by atoms with van der Waals surface area (Å²) in [6.07, 6.45) is 2.12. The molecule has 178 valence electrons. The van der Waals surface area contributed by atoms with Crippen LogP contribution < -0.4 is 9.64 Å². The summed E-state index contributed by atoms with van der Waals surface area (Å²) < 4.78 is 6.27. The molecule has 6 heteroatoms. The van der Waals surface area contributed by atoms with Gasteiger partial charge in [0.2, 0.25) is 0 Å². The maximum atomic E-state index is 10.9. The second-order valence-electron chi connectivity index (χ2n) is 10.1. The molecule has 2 aromatic rings. The first-order chi connectivity index (χ1) is 16.0. The third-order valence-electron chi connectivity index (χ3n) is 7.41. The van der Waals surface area contributed by atoms with E-state index >= 15 is 0 Å². The maximum absolute atomic E-state index is 10.9. The number of β-amino-alcohol motifs (C(OH)–C–C–N with tert-alkyl or cyclic N) is 1. The van der Waals surface area contributed by atoms with Gasteiger partial charge in [0, 0.05) is 77.7 Å². The van der Waals surface area contributed by atoms with Crippen molar-refractivity contribution in [2.75, 3.05) is 64.8 Å². The van der Waals surface area contributed by atoms with Crippen molar-refractivity contribution in [2.24, 2.45) is 0 Å². The lowest BCUT2D eigenvalue weighted by atomic mass is 10.00. The second kappa shape index (κ2) is 10.0. The molecule has 1 saturated heterocycles. The van der Waals surface area contributed by atoms with Crippen molar-refractivity contribution in [3.05, 3.63) is 59.2 Å². The Hall–Kier alpha value is -2.12. The summed E-state index contributed by atoms with van der Waals surface area (Å²) in [7, 11) is 4.32. The van der Waals surface area contributed by atoms with E-state index in [1.807, 2.05) is 0 Å². The Morgan fingerprint density at radius 2 is 1.67 bits per heavy atom. The predicted octanol–water partition coefficient (Wildman–Crippen LogP) is 2.44. The highest BCUT2D eigenvalue weighted by Crippen LogP contribution is 2.30. The number of likely N-dealkylation sites (N-methyl/N-ethyl adjacent to an activating group) is 2. The second-order valence-corrected chi connectivity index (χ2v) is 10.1. The van der Waals surface area contributed by atoms with Crippen LogP contribution >= 0.6 is 0 Å². The average molecular weight is 451 g/mol. The van der Waals surface area contributed by atoms with Crippen molar-refractivity contribution in [3.63, 3.8) is 0 Å². The molecule has 0 bridgehead atoms. The van der Waals surface area contributed by atoms with E-state index < -0.39 is 0 Å². The summed E-state index contributed by atoms with van der Waals surface area (Å²) in [5, 5.41) is 10.9. The summed E-state index contributed by atoms with van der Waals surface area (Å²) in [4.78, 5) is 9.45. The number of nitrogens with zero attached hydrogens (tertiary/aromatic N) is 4. The fourth-order valence-corrected chi connectivity index (χ4v) is 5.54. The van der Waals surface area contributed by atoms with Crippen LogP contribution in [0.2, 0.25) is 0 Å². The van der Waals surface area contributed by atoms with E-state index in [2.05, 4.69) is 76.2 Å². The van der Waals surface area contributed by atoms with Crippen molar-refractivity contribution < 1.29 is 9.84 Å². The van der Waals surface area contributed by atoms with E-state index in [0.29, 0.717) is 6.54 Å². The van der Waals surface area contributed by atoms with Crippen LogP contribution in [0.4, 0.5) is 5.69 Å². The molecule has 0 aliphatic carbocycles. The first kappa shape index (κ1) is 22.7. The summed E-state index contributed by atoms with van der Waals surface area (Å²) >= 11 is 0. The third kappa shape index (κ3) is 5.52. The number of anilines is 1. The number of hydrogen-bond acceptors (Lipinski definition) is 6. The van der Waals surface area contributed by atoms with Gasteiger partial charge < -0.3 is 19.6 Å². The summed E-state index contributed by atoms with van der Waals surface area (Å²) in [6, 6.07) is 15.2. The molecular formula is C27H38N4O2. The van der Waals surface area contributed by atoms with Gasteiger partial charge in [0.15, 0.2) is 0 Å². The van der Waals surface area contributed by atoms with Crippen molar-refractivity contribution in [2.45, 2.75) is 38.1 Å². The molecule has 0 saturated carbocycles. The van der Waals surface area contributed by atoms with E-state index in [9.17, 15) is 5.11 Å². The molecule has 0 spiro atoms. The minimum Gasteiger partial charge on any atom is -0.489 e. The summed E-state index contributed by atoms with van der Waals surface area (Å²) in [5.41, 5.74) is 5.43. The van der Waals surface area contributed by atoms with Crippen molar-refractivity contribution in [1.29, 1.82) is 0 Å². The quantitative estimate of drug-likeness (QED) is 0.729. The minimum absolute atomic E-state index is 0.289. The van der Waals surface area contributed by atoms with E-state index in [4.69, 9.17) is 4.74 Å². The highest BCUT2D eigenvalue weighted by Gasteiger charge is 2.24.